The maximum Gasteiger partial charge on any atom is 0.261 e. The van der Waals surface area contributed by atoms with Gasteiger partial charge in [0.1, 0.15) is 5.75 Å². The van der Waals surface area contributed by atoms with Gasteiger partial charge in [-0.05, 0) is 56.4 Å². The second kappa shape index (κ2) is 10.2. The summed E-state index contributed by atoms with van der Waals surface area (Å²) in [4.78, 5) is 27.0. The van der Waals surface area contributed by atoms with Crippen LogP contribution in [0.2, 0.25) is 0 Å². The van der Waals surface area contributed by atoms with Crippen LogP contribution in [0, 0.1) is 0 Å². The lowest BCUT2D eigenvalue weighted by molar-refractivity contribution is 0.0303. The fraction of sp³-hybridized carbons (Fsp3) is 0.318. The van der Waals surface area contributed by atoms with Gasteiger partial charge < -0.3 is 19.7 Å². The van der Waals surface area contributed by atoms with E-state index in [1.54, 1.807) is 47.4 Å². The number of thiocarbonyl (C=S) groups is 1. The van der Waals surface area contributed by atoms with Gasteiger partial charge in [-0.3, -0.25) is 14.9 Å². The van der Waals surface area contributed by atoms with Crippen LogP contribution >= 0.6 is 12.2 Å². The lowest BCUT2D eigenvalue weighted by Gasteiger charge is -2.27. The number of rotatable bonds is 5. The molecule has 1 saturated heterocycles. The summed E-state index contributed by atoms with van der Waals surface area (Å²) < 4.78 is 11.0. The molecule has 0 bridgehead atoms. The van der Waals surface area contributed by atoms with E-state index in [4.69, 9.17) is 21.7 Å². The number of amides is 2. The number of para-hydroxylation sites is 1. The van der Waals surface area contributed by atoms with Crippen LogP contribution in [0.1, 0.15) is 34.6 Å². The first kappa shape index (κ1) is 21.7. The summed E-state index contributed by atoms with van der Waals surface area (Å²) in [6.45, 7) is 6.02. The first-order chi connectivity index (χ1) is 14.4. The molecular weight excluding hydrogens is 402 g/mol. The smallest absolute Gasteiger partial charge is 0.261 e. The third kappa shape index (κ3) is 5.77. The van der Waals surface area contributed by atoms with Crippen molar-refractivity contribution in [2.45, 2.75) is 20.0 Å². The molecule has 30 heavy (non-hydrogen) atoms. The van der Waals surface area contributed by atoms with Crippen molar-refractivity contribution in [3.8, 4) is 5.75 Å². The number of ether oxygens (including phenoxy) is 2. The van der Waals surface area contributed by atoms with Crippen molar-refractivity contribution >= 4 is 34.8 Å². The number of hydrogen-bond acceptors (Lipinski definition) is 5. The molecule has 0 aromatic heterocycles. The summed E-state index contributed by atoms with van der Waals surface area (Å²) in [5, 5.41) is 5.76. The van der Waals surface area contributed by atoms with E-state index in [0.29, 0.717) is 48.9 Å². The molecule has 1 aliphatic rings. The first-order valence-electron chi connectivity index (χ1n) is 9.79. The van der Waals surface area contributed by atoms with E-state index < -0.39 is 0 Å². The Hall–Kier alpha value is -2.97. The predicted octanol–water partition coefficient (Wildman–Crippen LogP) is 3.07. The zero-order valence-corrected chi connectivity index (χ0v) is 17.8. The number of benzene rings is 2. The van der Waals surface area contributed by atoms with Crippen molar-refractivity contribution in [1.82, 2.24) is 10.2 Å². The van der Waals surface area contributed by atoms with Crippen LogP contribution in [0.5, 0.6) is 5.75 Å². The van der Waals surface area contributed by atoms with E-state index in [1.807, 2.05) is 19.9 Å². The van der Waals surface area contributed by atoms with Gasteiger partial charge in [0.05, 0.1) is 24.9 Å². The van der Waals surface area contributed by atoms with Gasteiger partial charge in [0.2, 0.25) is 0 Å². The molecule has 0 radical (unpaired) electrons. The van der Waals surface area contributed by atoms with E-state index in [9.17, 15) is 9.59 Å². The molecule has 1 heterocycles. The minimum absolute atomic E-state index is 0.0586. The van der Waals surface area contributed by atoms with Crippen molar-refractivity contribution in [2.24, 2.45) is 0 Å². The van der Waals surface area contributed by atoms with Gasteiger partial charge in [-0.1, -0.05) is 18.2 Å². The molecule has 0 saturated carbocycles. The third-order valence-corrected chi connectivity index (χ3v) is 4.59. The van der Waals surface area contributed by atoms with Gasteiger partial charge in [0, 0.05) is 24.3 Å². The number of carbonyl (C=O) groups excluding carboxylic acids is 2. The Morgan fingerprint density at radius 3 is 2.57 bits per heavy atom. The molecule has 3 rings (SSSR count). The SMILES string of the molecule is CC(C)Oc1ccccc1C(=O)NC(=S)Nc1cccc(C(=O)N2CCOCC2)c1. The molecule has 0 atom stereocenters. The molecule has 7 nitrogen and oxygen atoms in total. The van der Waals surface area contributed by atoms with E-state index in [-0.39, 0.29) is 23.0 Å². The lowest BCUT2D eigenvalue weighted by atomic mass is 10.1. The Morgan fingerprint density at radius 2 is 1.83 bits per heavy atom. The van der Waals surface area contributed by atoms with Crippen LogP contribution in [-0.2, 0) is 4.74 Å². The second-order valence-corrected chi connectivity index (χ2v) is 7.46. The topological polar surface area (TPSA) is 79.9 Å². The molecule has 2 amide bonds. The molecule has 2 aromatic carbocycles. The highest BCUT2D eigenvalue weighted by molar-refractivity contribution is 7.80. The maximum absolute atomic E-state index is 12.7. The summed E-state index contributed by atoms with van der Waals surface area (Å²) in [6.07, 6.45) is -0.0595. The lowest BCUT2D eigenvalue weighted by Crippen LogP contribution is -2.40. The number of nitrogens with one attached hydrogen (secondary N) is 2. The Balaban J connectivity index is 1.64. The largest absolute Gasteiger partial charge is 0.490 e. The molecule has 2 aromatic rings. The molecule has 0 unspecified atom stereocenters. The number of hydrogen-bond donors (Lipinski definition) is 2. The second-order valence-electron chi connectivity index (χ2n) is 7.06. The predicted molar refractivity (Wildman–Crippen MR) is 119 cm³/mol. The zero-order chi connectivity index (χ0) is 21.5. The van der Waals surface area contributed by atoms with Crippen molar-refractivity contribution in [3.63, 3.8) is 0 Å². The van der Waals surface area contributed by atoms with Crippen molar-refractivity contribution in [2.75, 3.05) is 31.6 Å². The van der Waals surface area contributed by atoms with Gasteiger partial charge >= 0.3 is 0 Å². The van der Waals surface area contributed by atoms with Crippen LogP contribution in [-0.4, -0.2) is 54.2 Å². The number of anilines is 1. The van der Waals surface area contributed by atoms with Gasteiger partial charge in [-0.25, -0.2) is 0 Å². The summed E-state index contributed by atoms with van der Waals surface area (Å²) in [5.74, 6) is 0.0619. The number of nitrogens with zero attached hydrogens (tertiary/aromatic N) is 1. The molecule has 2 N–H and O–H groups in total. The van der Waals surface area contributed by atoms with E-state index in [2.05, 4.69) is 10.6 Å². The Kier molecular flexibility index (Phi) is 7.37. The Bertz CT molecular complexity index is 926. The highest BCUT2D eigenvalue weighted by Gasteiger charge is 2.19. The van der Waals surface area contributed by atoms with Crippen LogP contribution in [0.4, 0.5) is 5.69 Å². The minimum atomic E-state index is -0.371. The van der Waals surface area contributed by atoms with Crippen molar-refractivity contribution in [1.29, 1.82) is 0 Å². The average molecular weight is 428 g/mol. The van der Waals surface area contributed by atoms with E-state index in [1.165, 1.54) is 0 Å². The van der Waals surface area contributed by atoms with Crippen LogP contribution in [0.15, 0.2) is 48.5 Å². The number of morpholine rings is 1. The van der Waals surface area contributed by atoms with Crippen molar-refractivity contribution < 1.29 is 19.1 Å². The minimum Gasteiger partial charge on any atom is -0.490 e. The number of carbonyl (C=O) groups is 2. The van der Waals surface area contributed by atoms with Crippen molar-refractivity contribution in [3.05, 3.63) is 59.7 Å². The van der Waals surface area contributed by atoms with Gasteiger partial charge in [-0.15, -0.1) is 0 Å². The fourth-order valence-corrected chi connectivity index (χ4v) is 3.23. The summed E-state index contributed by atoms with van der Waals surface area (Å²) in [7, 11) is 0. The monoisotopic (exact) mass is 427 g/mol. The Labute approximate surface area is 181 Å². The fourth-order valence-electron chi connectivity index (χ4n) is 3.02. The summed E-state index contributed by atoms with van der Waals surface area (Å²) in [5.41, 5.74) is 1.56. The van der Waals surface area contributed by atoms with Gasteiger partial charge in [-0.2, -0.15) is 0 Å². The quantitative estimate of drug-likeness (QED) is 0.714. The molecule has 0 aliphatic carbocycles. The standard InChI is InChI=1S/C22H25N3O4S/c1-15(2)29-19-9-4-3-8-18(19)20(26)24-22(30)23-17-7-5-6-16(14-17)21(27)25-10-12-28-13-11-25/h3-9,14-15H,10-13H2,1-2H3,(H2,23,24,26,30). The molecule has 1 aliphatic heterocycles. The summed E-state index contributed by atoms with van der Waals surface area (Å²) in [6, 6.07) is 14.0. The molecule has 0 spiro atoms. The Morgan fingerprint density at radius 1 is 1.10 bits per heavy atom. The van der Waals surface area contributed by atoms with Gasteiger partial charge in [0.15, 0.2) is 5.11 Å². The normalized spacial score (nSPS) is 13.6. The third-order valence-electron chi connectivity index (χ3n) is 4.39. The molecule has 8 heteroatoms. The first-order valence-corrected chi connectivity index (χ1v) is 10.2. The maximum atomic E-state index is 12.7. The molecular formula is C22H25N3O4S. The zero-order valence-electron chi connectivity index (χ0n) is 17.0. The summed E-state index contributed by atoms with van der Waals surface area (Å²) >= 11 is 5.28. The van der Waals surface area contributed by atoms with E-state index in [0.717, 1.165) is 0 Å². The molecule has 1 fully saturated rings. The van der Waals surface area contributed by atoms with Gasteiger partial charge in [0.25, 0.3) is 11.8 Å². The molecule has 158 valence electrons. The average Bonchev–Trinajstić information content (AvgIpc) is 2.74. The highest BCUT2D eigenvalue weighted by Crippen LogP contribution is 2.19. The highest BCUT2D eigenvalue weighted by atomic mass is 32.1. The van der Waals surface area contributed by atoms with Crippen LogP contribution < -0.4 is 15.4 Å². The van der Waals surface area contributed by atoms with Crippen LogP contribution in [0.3, 0.4) is 0 Å². The van der Waals surface area contributed by atoms with E-state index >= 15 is 0 Å². The van der Waals surface area contributed by atoms with Crippen LogP contribution in [0.25, 0.3) is 0 Å².